The average molecular weight is 210 g/mol. The highest BCUT2D eigenvalue weighted by Gasteiger charge is 2.18. The van der Waals surface area contributed by atoms with Gasteiger partial charge in [-0.25, -0.2) is 9.37 Å². The molecule has 0 bridgehead atoms. The van der Waals surface area contributed by atoms with Crippen molar-refractivity contribution < 1.29 is 4.39 Å². The number of likely N-dealkylation sites (N-methyl/N-ethyl adjacent to an activating group) is 1. The molecular weight excluding hydrogens is 195 g/mol. The maximum absolute atomic E-state index is 13.5. The molecule has 0 amide bonds. The second-order valence-electron chi connectivity index (χ2n) is 3.86. The van der Waals surface area contributed by atoms with Crippen LogP contribution in [0.2, 0.25) is 0 Å². The molecule has 2 N–H and O–H groups in total. The van der Waals surface area contributed by atoms with Gasteiger partial charge in [-0.1, -0.05) is 0 Å². The maximum Gasteiger partial charge on any atom is 0.167 e. The third-order valence-corrected chi connectivity index (χ3v) is 2.65. The lowest BCUT2D eigenvalue weighted by Crippen LogP contribution is -2.45. The predicted molar refractivity (Wildman–Crippen MR) is 58.3 cm³/mol. The van der Waals surface area contributed by atoms with Gasteiger partial charge in [-0.15, -0.1) is 0 Å². The Hall–Kier alpha value is -1.36. The Morgan fingerprint density at radius 2 is 2.00 bits per heavy atom. The van der Waals surface area contributed by atoms with Crippen molar-refractivity contribution in [1.29, 1.82) is 0 Å². The number of pyridine rings is 1. The van der Waals surface area contributed by atoms with Gasteiger partial charge in [0.1, 0.15) is 0 Å². The van der Waals surface area contributed by atoms with Gasteiger partial charge in [0.05, 0.1) is 11.9 Å². The minimum absolute atomic E-state index is 0.334. The standard InChI is InChI=1S/C10H15FN4/c1-14-2-4-15(5-3-14)10-9(11)6-8(12)7-13-10/h6-7H,2-5,12H2,1H3. The Morgan fingerprint density at radius 1 is 1.33 bits per heavy atom. The Bertz CT molecular complexity index is 347. The van der Waals surface area contributed by atoms with Crippen LogP contribution in [0, 0.1) is 5.82 Å². The van der Waals surface area contributed by atoms with Crippen LogP contribution in [-0.2, 0) is 0 Å². The summed E-state index contributed by atoms with van der Waals surface area (Å²) in [7, 11) is 2.06. The zero-order chi connectivity index (χ0) is 10.8. The van der Waals surface area contributed by atoms with E-state index in [0.29, 0.717) is 11.5 Å². The molecule has 15 heavy (non-hydrogen) atoms. The number of nitrogens with zero attached hydrogens (tertiary/aromatic N) is 3. The van der Waals surface area contributed by atoms with Crippen molar-refractivity contribution in [3.05, 3.63) is 18.1 Å². The van der Waals surface area contributed by atoms with Gasteiger partial charge in [0, 0.05) is 32.2 Å². The monoisotopic (exact) mass is 210 g/mol. The summed E-state index contributed by atoms with van der Waals surface area (Å²) < 4.78 is 13.5. The molecule has 0 spiro atoms. The predicted octanol–water partition coefficient (Wildman–Crippen LogP) is 0.555. The summed E-state index contributed by atoms with van der Waals surface area (Å²) in [6.45, 7) is 3.49. The maximum atomic E-state index is 13.5. The molecule has 0 aromatic carbocycles. The molecule has 1 fully saturated rings. The van der Waals surface area contributed by atoms with E-state index in [1.807, 2.05) is 4.90 Å². The number of aromatic nitrogens is 1. The molecule has 5 heteroatoms. The lowest BCUT2D eigenvalue weighted by atomic mass is 10.3. The summed E-state index contributed by atoms with van der Waals surface area (Å²) in [5.74, 6) is 0.0804. The van der Waals surface area contributed by atoms with Crippen molar-refractivity contribution in [2.75, 3.05) is 43.9 Å². The molecule has 1 aromatic rings. The summed E-state index contributed by atoms with van der Waals surface area (Å²) >= 11 is 0. The van der Waals surface area contributed by atoms with E-state index in [0.717, 1.165) is 26.2 Å². The van der Waals surface area contributed by atoms with Gasteiger partial charge in [-0.2, -0.15) is 0 Å². The van der Waals surface area contributed by atoms with Crippen LogP contribution in [0.5, 0.6) is 0 Å². The van der Waals surface area contributed by atoms with Gasteiger partial charge >= 0.3 is 0 Å². The summed E-state index contributed by atoms with van der Waals surface area (Å²) in [5.41, 5.74) is 5.82. The largest absolute Gasteiger partial charge is 0.397 e. The van der Waals surface area contributed by atoms with Crippen LogP contribution >= 0.6 is 0 Å². The molecule has 82 valence electrons. The van der Waals surface area contributed by atoms with Gasteiger partial charge in [0.25, 0.3) is 0 Å². The average Bonchev–Trinajstić information content (AvgIpc) is 2.20. The van der Waals surface area contributed by atoms with Gasteiger partial charge in [-0.05, 0) is 7.05 Å². The minimum atomic E-state index is -0.334. The fourth-order valence-electron chi connectivity index (χ4n) is 1.70. The molecule has 4 nitrogen and oxygen atoms in total. The van der Waals surface area contributed by atoms with Crippen molar-refractivity contribution in [3.63, 3.8) is 0 Å². The first-order chi connectivity index (χ1) is 7.16. The zero-order valence-electron chi connectivity index (χ0n) is 8.78. The molecule has 1 aromatic heterocycles. The third-order valence-electron chi connectivity index (χ3n) is 2.65. The van der Waals surface area contributed by atoms with Crippen LogP contribution in [0.1, 0.15) is 0 Å². The SMILES string of the molecule is CN1CCN(c2ncc(N)cc2F)CC1. The van der Waals surface area contributed by atoms with Gasteiger partial charge < -0.3 is 15.5 Å². The quantitative estimate of drug-likeness (QED) is 0.735. The van der Waals surface area contributed by atoms with E-state index in [4.69, 9.17) is 5.73 Å². The molecule has 0 atom stereocenters. The number of piperazine rings is 1. The van der Waals surface area contributed by atoms with Crippen LogP contribution in [-0.4, -0.2) is 43.1 Å². The van der Waals surface area contributed by atoms with Crippen molar-refractivity contribution in [3.8, 4) is 0 Å². The fraction of sp³-hybridized carbons (Fsp3) is 0.500. The second-order valence-corrected chi connectivity index (χ2v) is 3.86. The van der Waals surface area contributed by atoms with Crippen molar-refractivity contribution in [1.82, 2.24) is 9.88 Å². The van der Waals surface area contributed by atoms with Crippen LogP contribution in [0.25, 0.3) is 0 Å². The first-order valence-corrected chi connectivity index (χ1v) is 5.01. The van der Waals surface area contributed by atoms with Crippen molar-refractivity contribution in [2.45, 2.75) is 0 Å². The Labute approximate surface area is 88.5 Å². The third kappa shape index (κ3) is 2.18. The molecule has 2 rings (SSSR count). The van der Waals surface area contributed by atoms with Crippen LogP contribution in [0.15, 0.2) is 12.3 Å². The van der Waals surface area contributed by atoms with E-state index in [9.17, 15) is 4.39 Å². The number of halogens is 1. The van der Waals surface area contributed by atoms with E-state index in [1.165, 1.54) is 12.3 Å². The molecule has 0 radical (unpaired) electrons. The van der Waals surface area contributed by atoms with E-state index in [1.54, 1.807) is 0 Å². The Kier molecular flexibility index (Phi) is 2.73. The summed E-state index contributed by atoms with van der Waals surface area (Å²) in [5, 5.41) is 0. The molecule has 2 heterocycles. The normalized spacial score (nSPS) is 18.1. The number of rotatable bonds is 1. The first kappa shape index (κ1) is 10.2. The Balaban J connectivity index is 2.15. The minimum Gasteiger partial charge on any atom is -0.397 e. The smallest absolute Gasteiger partial charge is 0.167 e. The second kappa shape index (κ2) is 4.02. The number of hydrogen-bond donors (Lipinski definition) is 1. The van der Waals surface area contributed by atoms with Crippen LogP contribution in [0.3, 0.4) is 0 Å². The van der Waals surface area contributed by atoms with E-state index < -0.39 is 0 Å². The first-order valence-electron chi connectivity index (χ1n) is 5.01. The summed E-state index contributed by atoms with van der Waals surface area (Å²) in [6, 6.07) is 1.32. The summed E-state index contributed by atoms with van der Waals surface area (Å²) in [6.07, 6.45) is 1.50. The van der Waals surface area contributed by atoms with Crippen LogP contribution in [0.4, 0.5) is 15.9 Å². The molecule has 0 aliphatic carbocycles. The van der Waals surface area contributed by atoms with Gasteiger partial charge in [0.15, 0.2) is 11.6 Å². The Morgan fingerprint density at radius 3 is 2.60 bits per heavy atom. The van der Waals surface area contributed by atoms with Crippen molar-refractivity contribution >= 4 is 11.5 Å². The van der Waals surface area contributed by atoms with Gasteiger partial charge in [-0.3, -0.25) is 0 Å². The molecule has 1 saturated heterocycles. The lowest BCUT2D eigenvalue weighted by Gasteiger charge is -2.33. The molecule has 0 unspecified atom stereocenters. The molecule has 1 aliphatic heterocycles. The fourth-order valence-corrected chi connectivity index (χ4v) is 1.70. The highest BCUT2D eigenvalue weighted by molar-refractivity contribution is 5.47. The molecule has 0 saturated carbocycles. The lowest BCUT2D eigenvalue weighted by molar-refractivity contribution is 0.311. The molecule has 1 aliphatic rings. The van der Waals surface area contributed by atoms with E-state index in [-0.39, 0.29) is 5.82 Å². The van der Waals surface area contributed by atoms with E-state index in [2.05, 4.69) is 16.9 Å². The highest BCUT2D eigenvalue weighted by atomic mass is 19.1. The zero-order valence-corrected chi connectivity index (χ0v) is 8.78. The number of nitrogen functional groups attached to an aromatic ring is 1. The van der Waals surface area contributed by atoms with Crippen molar-refractivity contribution in [2.24, 2.45) is 0 Å². The highest BCUT2D eigenvalue weighted by Crippen LogP contribution is 2.19. The topological polar surface area (TPSA) is 45.4 Å². The summed E-state index contributed by atoms with van der Waals surface area (Å²) in [4.78, 5) is 8.20. The number of hydrogen-bond acceptors (Lipinski definition) is 4. The van der Waals surface area contributed by atoms with E-state index >= 15 is 0 Å². The molecular formula is C10H15FN4. The number of anilines is 2. The number of nitrogens with two attached hydrogens (primary N) is 1. The van der Waals surface area contributed by atoms with Crippen LogP contribution < -0.4 is 10.6 Å². The van der Waals surface area contributed by atoms with Gasteiger partial charge in [0.2, 0.25) is 0 Å².